The molecule has 1 heterocycles. The molecule has 1 aliphatic heterocycles. The summed E-state index contributed by atoms with van der Waals surface area (Å²) in [6, 6.07) is 6.49. The minimum atomic E-state index is -0.677. The predicted octanol–water partition coefficient (Wildman–Crippen LogP) is 3.25. The Labute approximate surface area is 115 Å². The van der Waals surface area contributed by atoms with E-state index in [-0.39, 0.29) is 0 Å². The molecule has 3 nitrogen and oxygen atoms in total. The Balaban J connectivity index is 2.06. The number of anilines is 1. The highest BCUT2D eigenvalue weighted by Gasteiger charge is 2.25. The molecule has 3 heteroatoms. The molecule has 1 N–H and O–H groups in total. The highest BCUT2D eigenvalue weighted by atomic mass is 16.4. The number of aliphatic carboxylic acids is 1. The van der Waals surface area contributed by atoms with E-state index in [4.69, 9.17) is 5.11 Å². The van der Waals surface area contributed by atoms with Crippen LogP contribution < -0.4 is 4.90 Å². The van der Waals surface area contributed by atoms with Crippen LogP contribution in [0.15, 0.2) is 18.2 Å². The van der Waals surface area contributed by atoms with Gasteiger partial charge in [0.15, 0.2) is 0 Å². The summed E-state index contributed by atoms with van der Waals surface area (Å²) < 4.78 is 0. The van der Waals surface area contributed by atoms with Crippen LogP contribution in [0.1, 0.15) is 37.3 Å². The lowest BCUT2D eigenvalue weighted by molar-refractivity contribution is -0.137. The average Bonchev–Trinajstić information content (AvgIpc) is 2.84. The van der Waals surface area contributed by atoms with Gasteiger partial charge in [-0.1, -0.05) is 25.1 Å². The molecule has 1 saturated heterocycles. The van der Waals surface area contributed by atoms with Crippen LogP contribution in [0.5, 0.6) is 0 Å². The molecule has 0 amide bonds. The fourth-order valence-corrected chi connectivity index (χ4v) is 3.06. The van der Waals surface area contributed by atoms with Gasteiger partial charge in [0, 0.05) is 25.2 Å². The third-order valence-electron chi connectivity index (χ3n) is 4.07. The molecule has 1 unspecified atom stereocenters. The lowest BCUT2D eigenvalue weighted by atomic mass is 10.0. The number of carboxylic acids is 1. The van der Waals surface area contributed by atoms with E-state index in [2.05, 4.69) is 36.9 Å². The summed E-state index contributed by atoms with van der Waals surface area (Å²) in [6.07, 6.45) is 3.27. The second-order valence-electron chi connectivity index (χ2n) is 5.47. The van der Waals surface area contributed by atoms with Gasteiger partial charge in [-0.05, 0) is 43.2 Å². The van der Waals surface area contributed by atoms with Crippen molar-refractivity contribution in [1.82, 2.24) is 0 Å². The number of carbonyl (C=O) groups is 1. The van der Waals surface area contributed by atoms with Gasteiger partial charge in [-0.15, -0.1) is 0 Å². The summed E-state index contributed by atoms with van der Waals surface area (Å²) in [6.45, 7) is 6.42. The highest BCUT2D eigenvalue weighted by Crippen LogP contribution is 2.32. The fraction of sp³-hybridized carbons (Fsp3) is 0.562. The topological polar surface area (TPSA) is 40.5 Å². The quantitative estimate of drug-likeness (QED) is 0.884. The van der Waals surface area contributed by atoms with Crippen molar-refractivity contribution < 1.29 is 9.90 Å². The Hall–Kier alpha value is -1.51. The Morgan fingerprint density at radius 1 is 1.47 bits per heavy atom. The SMILES string of the molecule is CCc1cccc(C)c1N1CCC(CCC(=O)O)C1. The fourth-order valence-electron chi connectivity index (χ4n) is 3.06. The smallest absolute Gasteiger partial charge is 0.303 e. The molecule has 0 aliphatic carbocycles. The second kappa shape index (κ2) is 6.09. The van der Waals surface area contributed by atoms with Gasteiger partial charge >= 0.3 is 5.97 Å². The number of benzene rings is 1. The molecule has 0 radical (unpaired) electrons. The monoisotopic (exact) mass is 261 g/mol. The number of aryl methyl sites for hydroxylation is 2. The van der Waals surface area contributed by atoms with Crippen LogP contribution in [-0.2, 0) is 11.2 Å². The van der Waals surface area contributed by atoms with Crippen LogP contribution in [0.25, 0.3) is 0 Å². The van der Waals surface area contributed by atoms with Gasteiger partial charge in [0.05, 0.1) is 0 Å². The van der Waals surface area contributed by atoms with Crippen molar-refractivity contribution in [2.24, 2.45) is 5.92 Å². The van der Waals surface area contributed by atoms with Crippen LogP contribution in [0.4, 0.5) is 5.69 Å². The van der Waals surface area contributed by atoms with Gasteiger partial charge in [0.25, 0.3) is 0 Å². The van der Waals surface area contributed by atoms with Crippen LogP contribution in [-0.4, -0.2) is 24.2 Å². The van der Waals surface area contributed by atoms with Gasteiger partial charge in [-0.2, -0.15) is 0 Å². The van der Waals surface area contributed by atoms with E-state index in [1.54, 1.807) is 0 Å². The number of hydrogen-bond acceptors (Lipinski definition) is 2. The van der Waals surface area contributed by atoms with Crippen molar-refractivity contribution in [3.8, 4) is 0 Å². The van der Waals surface area contributed by atoms with Crippen molar-refractivity contribution >= 4 is 11.7 Å². The standard InChI is InChI=1S/C16H23NO2/c1-3-14-6-4-5-12(2)16(14)17-10-9-13(11-17)7-8-15(18)19/h4-6,13H,3,7-11H2,1-2H3,(H,18,19). The summed E-state index contributed by atoms with van der Waals surface area (Å²) in [5.41, 5.74) is 4.11. The summed E-state index contributed by atoms with van der Waals surface area (Å²) in [5.74, 6) is -0.149. The maximum absolute atomic E-state index is 10.6. The van der Waals surface area contributed by atoms with Crippen molar-refractivity contribution in [2.75, 3.05) is 18.0 Å². The zero-order valence-corrected chi connectivity index (χ0v) is 11.9. The average molecular weight is 261 g/mol. The van der Waals surface area contributed by atoms with E-state index < -0.39 is 5.97 Å². The third-order valence-corrected chi connectivity index (χ3v) is 4.07. The molecule has 0 spiro atoms. The molecule has 1 aromatic rings. The van der Waals surface area contributed by atoms with E-state index in [1.807, 2.05) is 0 Å². The first-order valence-electron chi connectivity index (χ1n) is 7.17. The first-order valence-corrected chi connectivity index (χ1v) is 7.17. The number of nitrogens with zero attached hydrogens (tertiary/aromatic N) is 1. The maximum atomic E-state index is 10.6. The molecule has 1 fully saturated rings. The minimum Gasteiger partial charge on any atom is -0.481 e. The Kier molecular flexibility index (Phi) is 4.46. The zero-order chi connectivity index (χ0) is 13.8. The van der Waals surface area contributed by atoms with E-state index in [0.29, 0.717) is 12.3 Å². The van der Waals surface area contributed by atoms with Gasteiger partial charge in [-0.3, -0.25) is 4.79 Å². The minimum absolute atomic E-state index is 0.299. The molecule has 1 aliphatic rings. The van der Waals surface area contributed by atoms with Crippen LogP contribution in [0, 0.1) is 12.8 Å². The van der Waals surface area contributed by atoms with E-state index in [9.17, 15) is 4.79 Å². The van der Waals surface area contributed by atoms with Gasteiger partial charge < -0.3 is 10.0 Å². The maximum Gasteiger partial charge on any atom is 0.303 e. The van der Waals surface area contributed by atoms with Crippen molar-refractivity contribution in [3.05, 3.63) is 29.3 Å². The molecule has 0 bridgehead atoms. The summed E-state index contributed by atoms with van der Waals surface area (Å²) in [4.78, 5) is 13.1. The normalized spacial score (nSPS) is 18.8. The van der Waals surface area contributed by atoms with E-state index in [1.165, 1.54) is 16.8 Å². The van der Waals surface area contributed by atoms with E-state index >= 15 is 0 Å². The Bertz CT molecular complexity index is 456. The molecule has 2 rings (SSSR count). The third kappa shape index (κ3) is 3.28. The highest BCUT2D eigenvalue weighted by molar-refractivity contribution is 5.66. The summed E-state index contributed by atoms with van der Waals surface area (Å²) >= 11 is 0. The molecule has 0 aromatic heterocycles. The lowest BCUT2D eigenvalue weighted by Crippen LogP contribution is -2.22. The summed E-state index contributed by atoms with van der Waals surface area (Å²) in [5, 5.41) is 8.77. The van der Waals surface area contributed by atoms with Crippen LogP contribution >= 0.6 is 0 Å². The number of rotatable bonds is 5. The second-order valence-corrected chi connectivity index (χ2v) is 5.47. The molecule has 0 saturated carbocycles. The molecular formula is C16H23NO2. The lowest BCUT2D eigenvalue weighted by Gasteiger charge is -2.24. The molecular weight excluding hydrogens is 238 g/mol. The largest absolute Gasteiger partial charge is 0.481 e. The van der Waals surface area contributed by atoms with Crippen molar-refractivity contribution in [1.29, 1.82) is 0 Å². The number of hydrogen-bond donors (Lipinski definition) is 1. The van der Waals surface area contributed by atoms with Crippen molar-refractivity contribution in [2.45, 2.75) is 39.5 Å². The summed E-state index contributed by atoms with van der Waals surface area (Å²) in [7, 11) is 0. The molecule has 19 heavy (non-hydrogen) atoms. The predicted molar refractivity (Wildman–Crippen MR) is 77.7 cm³/mol. The van der Waals surface area contributed by atoms with Crippen molar-refractivity contribution in [3.63, 3.8) is 0 Å². The Morgan fingerprint density at radius 3 is 2.95 bits per heavy atom. The zero-order valence-electron chi connectivity index (χ0n) is 11.9. The molecule has 104 valence electrons. The first-order chi connectivity index (χ1) is 9.11. The molecule has 1 atom stereocenters. The number of carboxylic acid groups (broad SMARTS) is 1. The number of para-hydroxylation sites is 1. The van der Waals surface area contributed by atoms with Gasteiger partial charge in [0.2, 0.25) is 0 Å². The Morgan fingerprint density at radius 2 is 2.26 bits per heavy atom. The first kappa shape index (κ1) is 13.9. The van der Waals surface area contributed by atoms with E-state index in [0.717, 1.165) is 32.4 Å². The van der Waals surface area contributed by atoms with Crippen LogP contribution in [0.2, 0.25) is 0 Å². The van der Waals surface area contributed by atoms with Gasteiger partial charge in [-0.25, -0.2) is 0 Å². The molecule has 1 aromatic carbocycles. The van der Waals surface area contributed by atoms with Gasteiger partial charge in [0.1, 0.15) is 0 Å². The van der Waals surface area contributed by atoms with Crippen LogP contribution in [0.3, 0.4) is 0 Å².